The maximum Gasteiger partial charge on any atom is 0.266 e. The van der Waals surface area contributed by atoms with Gasteiger partial charge in [0.05, 0.1) is 4.91 Å². The van der Waals surface area contributed by atoms with E-state index in [2.05, 4.69) is 43.0 Å². The highest BCUT2D eigenvalue weighted by Crippen LogP contribution is 2.32. The molecule has 2 rings (SSSR count). The van der Waals surface area contributed by atoms with Crippen LogP contribution in [0.25, 0.3) is 6.08 Å². The van der Waals surface area contributed by atoms with Crippen LogP contribution >= 0.6 is 24.0 Å². The average Bonchev–Trinajstić information content (AvgIpc) is 2.78. The Labute approximate surface area is 142 Å². The zero-order valence-corrected chi connectivity index (χ0v) is 15.0. The Balaban J connectivity index is 2.16. The third kappa shape index (κ3) is 3.70. The van der Waals surface area contributed by atoms with Gasteiger partial charge < -0.3 is 4.90 Å². The van der Waals surface area contributed by atoms with Crippen LogP contribution in [-0.4, -0.2) is 34.8 Å². The van der Waals surface area contributed by atoms with Gasteiger partial charge in [-0.1, -0.05) is 43.0 Å². The summed E-state index contributed by atoms with van der Waals surface area (Å²) >= 11 is 6.68. The summed E-state index contributed by atoms with van der Waals surface area (Å²) in [6.07, 6.45) is 2.85. The number of anilines is 1. The van der Waals surface area contributed by atoms with Gasteiger partial charge in [-0.3, -0.25) is 9.69 Å². The van der Waals surface area contributed by atoms with Gasteiger partial charge in [-0.15, -0.1) is 0 Å². The Morgan fingerprint density at radius 1 is 1.18 bits per heavy atom. The topological polar surface area (TPSA) is 23.6 Å². The number of amides is 1. The molecule has 5 heteroatoms. The number of carbonyl (C=O) groups excluding carboxylic acids is 1. The van der Waals surface area contributed by atoms with Crippen LogP contribution in [0.3, 0.4) is 0 Å². The smallest absolute Gasteiger partial charge is 0.266 e. The molecule has 1 saturated heterocycles. The van der Waals surface area contributed by atoms with Gasteiger partial charge >= 0.3 is 0 Å². The van der Waals surface area contributed by atoms with E-state index in [4.69, 9.17) is 12.2 Å². The van der Waals surface area contributed by atoms with Gasteiger partial charge in [0.15, 0.2) is 0 Å². The van der Waals surface area contributed by atoms with Crippen LogP contribution in [0.5, 0.6) is 0 Å². The van der Waals surface area contributed by atoms with E-state index in [-0.39, 0.29) is 5.91 Å². The Morgan fingerprint density at radius 3 is 2.36 bits per heavy atom. The van der Waals surface area contributed by atoms with E-state index in [1.807, 2.05) is 13.0 Å². The van der Waals surface area contributed by atoms with Crippen molar-refractivity contribution in [1.29, 1.82) is 0 Å². The summed E-state index contributed by atoms with van der Waals surface area (Å²) in [5, 5.41) is 0. The predicted molar refractivity (Wildman–Crippen MR) is 100 cm³/mol. The molecule has 118 valence electrons. The fourth-order valence-electron chi connectivity index (χ4n) is 2.44. The van der Waals surface area contributed by atoms with Crippen LogP contribution in [-0.2, 0) is 4.79 Å². The number of thioether (sulfide) groups is 1. The van der Waals surface area contributed by atoms with E-state index in [1.165, 1.54) is 17.4 Å². The van der Waals surface area contributed by atoms with Gasteiger partial charge in [0.1, 0.15) is 4.32 Å². The molecule has 1 aromatic rings. The van der Waals surface area contributed by atoms with E-state index in [0.29, 0.717) is 15.8 Å². The summed E-state index contributed by atoms with van der Waals surface area (Å²) < 4.78 is 0.665. The minimum atomic E-state index is 0.0321. The summed E-state index contributed by atoms with van der Waals surface area (Å²) in [6, 6.07) is 8.32. The van der Waals surface area contributed by atoms with Crippen molar-refractivity contribution in [2.24, 2.45) is 0 Å². The average molecular weight is 335 g/mol. The first-order valence-corrected chi connectivity index (χ1v) is 8.93. The molecule has 0 bridgehead atoms. The lowest BCUT2D eigenvalue weighted by Crippen LogP contribution is -2.28. The van der Waals surface area contributed by atoms with E-state index >= 15 is 0 Å². The molecule has 1 heterocycles. The number of rotatable bonds is 6. The van der Waals surface area contributed by atoms with Gasteiger partial charge in [0.25, 0.3) is 5.91 Å². The second-order valence-electron chi connectivity index (χ2n) is 5.10. The molecule has 0 radical (unpaired) electrons. The lowest BCUT2D eigenvalue weighted by atomic mass is 10.1. The Kier molecular flexibility index (Phi) is 6.03. The maximum absolute atomic E-state index is 12.3. The van der Waals surface area contributed by atoms with E-state index in [1.54, 1.807) is 4.90 Å². The van der Waals surface area contributed by atoms with E-state index in [9.17, 15) is 4.79 Å². The summed E-state index contributed by atoms with van der Waals surface area (Å²) in [6.45, 7) is 9.03. The van der Waals surface area contributed by atoms with Crippen molar-refractivity contribution in [2.75, 3.05) is 24.5 Å². The second kappa shape index (κ2) is 7.79. The molecule has 0 aliphatic carbocycles. The zero-order chi connectivity index (χ0) is 16.1. The van der Waals surface area contributed by atoms with E-state index in [0.717, 1.165) is 25.1 Å². The van der Waals surface area contributed by atoms with Crippen molar-refractivity contribution in [3.8, 4) is 0 Å². The van der Waals surface area contributed by atoms with Crippen LogP contribution in [0.4, 0.5) is 5.69 Å². The second-order valence-corrected chi connectivity index (χ2v) is 6.77. The van der Waals surface area contributed by atoms with Gasteiger partial charge in [-0.2, -0.15) is 0 Å². The summed E-state index contributed by atoms with van der Waals surface area (Å²) in [5.41, 5.74) is 2.24. The third-order valence-electron chi connectivity index (χ3n) is 3.64. The fraction of sp³-hybridized carbons (Fsp3) is 0.412. The van der Waals surface area contributed by atoms with Crippen LogP contribution in [0.2, 0.25) is 0 Å². The minimum absolute atomic E-state index is 0.0321. The summed E-state index contributed by atoms with van der Waals surface area (Å²) in [5.74, 6) is 0.0321. The molecule has 0 N–H and O–H groups in total. The highest BCUT2D eigenvalue weighted by atomic mass is 32.2. The zero-order valence-electron chi connectivity index (χ0n) is 13.3. The Hall–Kier alpha value is -1.33. The molecule has 1 fully saturated rings. The first kappa shape index (κ1) is 17.0. The highest BCUT2D eigenvalue weighted by molar-refractivity contribution is 8.26. The largest absolute Gasteiger partial charge is 0.372 e. The lowest BCUT2D eigenvalue weighted by molar-refractivity contribution is -0.122. The van der Waals surface area contributed by atoms with Gasteiger partial charge in [-0.05, 0) is 44.0 Å². The van der Waals surface area contributed by atoms with Gasteiger partial charge in [0.2, 0.25) is 0 Å². The van der Waals surface area contributed by atoms with E-state index < -0.39 is 0 Å². The summed E-state index contributed by atoms with van der Waals surface area (Å²) in [7, 11) is 0. The molecular formula is C17H22N2OS2. The highest BCUT2D eigenvalue weighted by Gasteiger charge is 2.31. The molecule has 1 aromatic carbocycles. The van der Waals surface area contributed by atoms with Crippen LogP contribution < -0.4 is 4.90 Å². The molecule has 1 aliphatic rings. The molecular weight excluding hydrogens is 312 g/mol. The monoisotopic (exact) mass is 334 g/mol. The molecule has 3 nitrogen and oxygen atoms in total. The van der Waals surface area contributed by atoms with Crippen molar-refractivity contribution in [2.45, 2.75) is 27.2 Å². The molecule has 22 heavy (non-hydrogen) atoms. The quantitative estimate of drug-likeness (QED) is 0.576. The Bertz CT molecular complexity index is 577. The van der Waals surface area contributed by atoms with Gasteiger partial charge in [0, 0.05) is 25.3 Å². The number of nitrogens with zero attached hydrogens (tertiary/aromatic N) is 2. The number of hydrogen-bond donors (Lipinski definition) is 0. The number of hydrogen-bond acceptors (Lipinski definition) is 4. The van der Waals surface area contributed by atoms with Crippen LogP contribution in [0.1, 0.15) is 32.8 Å². The predicted octanol–water partition coefficient (Wildman–Crippen LogP) is 4.14. The van der Waals surface area contributed by atoms with Crippen molar-refractivity contribution in [3.63, 3.8) is 0 Å². The van der Waals surface area contributed by atoms with Crippen LogP contribution in [0, 0.1) is 0 Å². The molecule has 0 unspecified atom stereocenters. The van der Waals surface area contributed by atoms with Crippen molar-refractivity contribution in [3.05, 3.63) is 34.7 Å². The number of carbonyl (C=O) groups is 1. The molecule has 0 spiro atoms. The number of benzene rings is 1. The van der Waals surface area contributed by atoms with Crippen molar-refractivity contribution in [1.82, 2.24) is 4.90 Å². The minimum Gasteiger partial charge on any atom is -0.372 e. The number of thiocarbonyl (C=S) groups is 1. The van der Waals surface area contributed by atoms with Crippen LogP contribution in [0.15, 0.2) is 29.2 Å². The fourth-order valence-corrected chi connectivity index (χ4v) is 3.75. The molecule has 1 amide bonds. The first-order chi connectivity index (χ1) is 10.6. The lowest BCUT2D eigenvalue weighted by Gasteiger charge is -2.20. The standard InChI is InChI=1S/C17H22N2OS2/c1-4-11-19-16(20)15(22-17(19)21)12-13-7-9-14(10-8-13)18(5-2)6-3/h7-10,12H,4-6,11H2,1-3H3. The molecule has 0 aromatic heterocycles. The van der Waals surface area contributed by atoms with Crippen molar-refractivity contribution < 1.29 is 4.79 Å². The SMILES string of the molecule is CCCN1C(=O)C(=Cc2ccc(N(CC)CC)cc2)SC1=S. The molecule has 1 aliphatic heterocycles. The molecule has 0 saturated carbocycles. The summed E-state index contributed by atoms with van der Waals surface area (Å²) in [4.78, 5) is 17.0. The van der Waals surface area contributed by atoms with Crippen molar-refractivity contribution >= 4 is 46.0 Å². The molecule has 0 atom stereocenters. The van der Waals surface area contributed by atoms with Gasteiger partial charge in [-0.25, -0.2) is 0 Å². The first-order valence-electron chi connectivity index (χ1n) is 7.71. The third-order valence-corrected chi connectivity index (χ3v) is 5.02. The Morgan fingerprint density at radius 2 is 1.82 bits per heavy atom. The maximum atomic E-state index is 12.3. The normalized spacial score (nSPS) is 16.7.